The minimum Gasteiger partial charge on any atom is -0.371 e. The summed E-state index contributed by atoms with van der Waals surface area (Å²) in [6, 6.07) is 10.6. The van der Waals surface area contributed by atoms with Gasteiger partial charge in [0.15, 0.2) is 0 Å². The number of carbonyl (C=O) groups excluding carboxylic acids is 2. The summed E-state index contributed by atoms with van der Waals surface area (Å²) in [6.45, 7) is 4.09. The highest BCUT2D eigenvalue weighted by Gasteiger charge is 2.22. The smallest absolute Gasteiger partial charge is 0.262 e. The highest BCUT2D eigenvalue weighted by molar-refractivity contribution is 7.18. The summed E-state index contributed by atoms with van der Waals surface area (Å²) in [5.74, 6) is -0.474. The summed E-state index contributed by atoms with van der Waals surface area (Å²) in [6.07, 6.45) is 3.77. The van der Waals surface area contributed by atoms with E-state index in [0.717, 1.165) is 30.9 Å². The second kappa shape index (κ2) is 9.24. The zero-order valence-corrected chi connectivity index (χ0v) is 16.9. The van der Waals surface area contributed by atoms with E-state index in [4.69, 9.17) is 11.6 Å². The third kappa shape index (κ3) is 5.23. The Labute approximate surface area is 168 Å². The molecule has 2 heterocycles. The number of halogens is 1. The molecule has 2 amide bonds. The summed E-state index contributed by atoms with van der Waals surface area (Å²) in [5.41, 5.74) is 1.87. The van der Waals surface area contributed by atoms with Crippen LogP contribution in [0.3, 0.4) is 0 Å². The first-order valence-electron chi connectivity index (χ1n) is 9.29. The minimum atomic E-state index is -0.584. The molecule has 0 spiro atoms. The first-order chi connectivity index (χ1) is 13.1. The van der Waals surface area contributed by atoms with E-state index in [1.54, 1.807) is 12.1 Å². The molecule has 0 bridgehead atoms. The maximum absolute atomic E-state index is 12.7. The van der Waals surface area contributed by atoms with Crippen molar-refractivity contribution in [3.63, 3.8) is 0 Å². The van der Waals surface area contributed by atoms with Crippen molar-refractivity contribution in [2.24, 2.45) is 0 Å². The Hall–Kier alpha value is -2.05. The lowest BCUT2D eigenvalue weighted by molar-refractivity contribution is -0.118. The van der Waals surface area contributed by atoms with E-state index in [1.165, 1.54) is 24.2 Å². The first kappa shape index (κ1) is 19.7. The molecule has 1 fully saturated rings. The molecule has 1 aromatic heterocycles. The van der Waals surface area contributed by atoms with Gasteiger partial charge in [0.1, 0.15) is 6.04 Å². The maximum atomic E-state index is 12.7. The topological polar surface area (TPSA) is 61.4 Å². The van der Waals surface area contributed by atoms with Crippen molar-refractivity contribution in [1.29, 1.82) is 0 Å². The van der Waals surface area contributed by atoms with Crippen LogP contribution in [-0.4, -0.2) is 30.9 Å². The molecule has 0 saturated carbocycles. The van der Waals surface area contributed by atoms with Crippen molar-refractivity contribution < 1.29 is 9.59 Å². The second-order valence-corrected chi connectivity index (χ2v) is 8.37. The molecule has 0 aliphatic carbocycles. The Morgan fingerprint density at radius 2 is 2.00 bits per heavy atom. The predicted molar refractivity (Wildman–Crippen MR) is 112 cm³/mol. The standard InChI is InChI=1S/C20H24ClN3O2S/c1-2-6-16(23-20(26)17-9-10-18(21)27-17)19(25)22-14-7-5-8-15(13-14)24-11-3-4-12-24/h5,7-10,13,16H,2-4,6,11-12H2,1H3,(H,22,25)(H,23,26). The van der Waals surface area contributed by atoms with Gasteiger partial charge in [0.25, 0.3) is 5.91 Å². The third-order valence-corrected chi connectivity index (χ3v) is 5.81. The van der Waals surface area contributed by atoms with Gasteiger partial charge in [-0.1, -0.05) is 31.0 Å². The van der Waals surface area contributed by atoms with Gasteiger partial charge >= 0.3 is 0 Å². The molecule has 144 valence electrons. The Morgan fingerprint density at radius 3 is 2.67 bits per heavy atom. The number of nitrogens with zero attached hydrogens (tertiary/aromatic N) is 1. The van der Waals surface area contributed by atoms with E-state index < -0.39 is 6.04 Å². The fourth-order valence-corrected chi connectivity index (χ4v) is 4.15. The van der Waals surface area contributed by atoms with Crippen LogP contribution in [0.15, 0.2) is 36.4 Å². The van der Waals surface area contributed by atoms with Crippen LogP contribution in [0.5, 0.6) is 0 Å². The van der Waals surface area contributed by atoms with Crippen LogP contribution in [0.25, 0.3) is 0 Å². The molecule has 27 heavy (non-hydrogen) atoms. The number of carbonyl (C=O) groups is 2. The van der Waals surface area contributed by atoms with Crippen molar-refractivity contribution in [2.45, 2.75) is 38.6 Å². The van der Waals surface area contributed by atoms with Crippen LogP contribution < -0.4 is 15.5 Å². The van der Waals surface area contributed by atoms with E-state index in [0.29, 0.717) is 15.6 Å². The largest absolute Gasteiger partial charge is 0.371 e. The number of rotatable bonds is 7. The van der Waals surface area contributed by atoms with Crippen molar-refractivity contribution in [2.75, 3.05) is 23.3 Å². The quantitative estimate of drug-likeness (QED) is 0.710. The highest BCUT2D eigenvalue weighted by atomic mass is 35.5. The molecule has 1 aliphatic rings. The molecule has 3 rings (SSSR count). The highest BCUT2D eigenvalue weighted by Crippen LogP contribution is 2.24. The molecule has 5 nitrogen and oxygen atoms in total. The number of benzene rings is 1. The van der Waals surface area contributed by atoms with Gasteiger partial charge in [-0.2, -0.15) is 0 Å². The zero-order chi connectivity index (χ0) is 19.2. The molecule has 7 heteroatoms. The van der Waals surface area contributed by atoms with Gasteiger partial charge in [-0.3, -0.25) is 9.59 Å². The summed E-state index contributed by atoms with van der Waals surface area (Å²) in [7, 11) is 0. The zero-order valence-electron chi connectivity index (χ0n) is 15.3. The maximum Gasteiger partial charge on any atom is 0.262 e. The SMILES string of the molecule is CCCC(NC(=O)c1ccc(Cl)s1)C(=O)Nc1cccc(N2CCCC2)c1. The van der Waals surface area contributed by atoms with Crippen LogP contribution in [-0.2, 0) is 4.79 Å². The molecule has 0 radical (unpaired) electrons. The molecule has 1 saturated heterocycles. The van der Waals surface area contributed by atoms with Crippen LogP contribution in [0, 0.1) is 0 Å². The lowest BCUT2D eigenvalue weighted by Gasteiger charge is -2.20. The van der Waals surface area contributed by atoms with Crippen molar-refractivity contribution in [1.82, 2.24) is 5.32 Å². The molecule has 2 N–H and O–H groups in total. The number of hydrogen-bond acceptors (Lipinski definition) is 4. The Balaban J connectivity index is 1.66. The van der Waals surface area contributed by atoms with Gasteiger partial charge in [-0.25, -0.2) is 0 Å². The van der Waals surface area contributed by atoms with Crippen molar-refractivity contribution >= 4 is 46.1 Å². The number of thiophene rings is 1. The van der Waals surface area contributed by atoms with Crippen LogP contribution >= 0.6 is 22.9 Å². The van der Waals surface area contributed by atoms with Crippen LogP contribution in [0.2, 0.25) is 4.34 Å². The normalized spacial score (nSPS) is 14.8. The number of hydrogen-bond donors (Lipinski definition) is 2. The number of nitrogens with one attached hydrogen (secondary N) is 2. The summed E-state index contributed by atoms with van der Waals surface area (Å²) < 4.78 is 0.551. The fraction of sp³-hybridized carbons (Fsp3) is 0.400. The monoisotopic (exact) mass is 405 g/mol. The average Bonchev–Trinajstić information content (AvgIpc) is 3.33. The van der Waals surface area contributed by atoms with Crippen molar-refractivity contribution in [3.05, 3.63) is 45.6 Å². The molecule has 1 atom stereocenters. The molecule has 1 aliphatic heterocycles. The van der Waals surface area contributed by atoms with E-state index in [9.17, 15) is 9.59 Å². The predicted octanol–water partition coefficient (Wildman–Crippen LogP) is 4.54. The third-order valence-electron chi connectivity index (χ3n) is 4.58. The Morgan fingerprint density at radius 1 is 1.22 bits per heavy atom. The lowest BCUT2D eigenvalue weighted by Crippen LogP contribution is -2.43. The van der Waals surface area contributed by atoms with E-state index in [2.05, 4.69) is 21.6 Å². The van der Waals surface area contributed by atoms with E-state index >= 15 is 0 Å². The molecule has 1 aromatic carbocycles. The summed E-state index contributed by atoms with van der Waals surface area (Å²) >= 11 is 7.10. The van der Waals surface area contributed by atoms with Crippen molar-refractivity contribution in [3.8, 4) is 0 Å². The Kier molecular flexibility index (Phi) is 6.74. The van der Waals surface area contributed by atoms with Gasteiger partial charge in [-0.05, 0) is 49.6 Å². The Bertz CT molecular complexity index is 802. The molecule has 2 aromatic rings. The van der Waals surface area contributed by atoms with E-state index in [-0.39, 0.29) is 11.8 Å². The van der Waals surface area contributed by atoms with Crippen LogP contribution in [0.1, 0.15) is 42.3 Å². The minimum absolute atomic E-state index is 0.202. The molecular formula is C20H24ClN3O2S. The summed E-state index contributed by atoms with van der Waals surface area (Å²) in [4.78, 5) is 28.0. The van der Waals surface area contributed by atoms with Crippen LogP contribution in [0.4, 0.5) is 11.4 Å². The van der Waals surface area contributed by atoms with Gasteiger partial charge < -0.3 is 15.5 Å². The van der Waals surface area contributed by atoms with Gasteiger partial charge in [0, 0.05) is 24.5 Å². The second-order valence-electron chi connectivity index (χ2n) is 6.65. The van der Waals surface area contributed by atoms with Gasteiger partial charge in [-0.15, -0.1) is 11.3 Å². The number of anilines is 2. The van der Waals surface area contributed by atoms with E-state index in [1.807, 2.05) is 25.1 Å². The van der Waals surface area contributed by atoms with Gasteiger partial charge in [0.05, 0.1) is 9.21 Å². The lowest BCUT2D eigenvalue weighted by atomic mass is 10.1. The molecule has 1 unspecified atom stereocenters. The first-order valence-corrected chi connectivity index (χ1v) is 10.5. The fourth-order valence-electron chi connectivity index (χ4n) is 3.21. The summed E-state index contributed by atoms with van der Waals surface area (Å²) in [5, 5.41) is 5.78. The van der Waals surface area contributed by atoms with Gasteiger partial charge in [0.2, 0.25) is 5.91 Å². The average molecular weight is 406 g/mol. The number of amides is 2. The molecular weight excluding hydrogens is 382 g/mol.